The minimum Gasteiger partial charge on any atom is -0.478 e. The highest BCUT2D eigenvalue weighted by Gasteiger charge is 2.47. The fraction of sp³-hybridized carbons (Fsp3) is 0.640. The molecular formula is C25H34O4. The van der Waals surface area contributed by atoms with E-state index in [2.05, 4.69) is 6.08 Å². The van der Waals surface area contributed by atoms with Crippen molar-refractivity contribution in [3.8, 4) is 0 Å². The lowest BCUT2D eigenvalue weighted by molar-refractivity contribution is 0.0606. The minimum absolute atomic E-state index is 0.149. The number of ether oxygens (including phenoxy) is 1. The number of carbonyl (C=O) groups is 1. The van der Waals surface area contributed by atoms with Gasteiger partial charge in [-0.2, -0.15) is 0 Å². The molecule has 4 heteroatoms. The third-order valence-corrected chi connectivity index (χ3v) is 7.43. The van der Waals surface area contributed by atoms with Gasteiger partial charge in [-0.25, -0.2) is 4.79 Å². The smallest absolute Gasteiger partial charge is 0.335 e. The monoisotopic (exact) mass is 398 g/mol. The van der Waals surface area contributed by atoms with Crippen LogP contribution in [0.3, 0.4) is 0 Å². The number of aliphatic hydroxyl groups excluding tert-OH is 1. The predicted molar refractivity (Wildman–Crippen MR) is 114 cm³/mol. The lowest BCUT2D eigenvalue weighted by Gasteiger charge is -2.31. The molecule has 2 bridgehead atoms. The van der Waals surface area contributed by atoms with Crippen LogP contribution in [0.15, 0.2) is 30.3 Å². The lowest BCUT2D eigenvalue weighted by Crippen LogP contribution is -2.29. The lowest BCUT2D eigenvalue weighted by atomic mass is 9.74. The van der Waals surface area contributed by atoms with Crippen LogP contribution in [0.5, 0.6) is 0 Å². The fourth-order valence-corrected chi connectivity index (χ4v) is 5.85. The number of carboxylic acid groups (broad SMARTS) is 1. The van der Waals surface area contributed by atoms with Crippen LogP contribution in [0.4, 0.5) is 0 Å². The zero-order chi connectivity index (χ0) is 20.2. The van der Waals surface area contributed by atoms with Crippen molar-refractivity contribution in [2.24, 2.45) is 17.8 Å². The Morgan fingerprint density at radius 3 is 2.62 bits per heavy atom. The molecule has 1 aromatic carbocycles. The third-order valence-electron chi connectivity index (χ3n) is 7.43. The molecule has 158 valence electrons. The molecule has 1 aromatic rings. The highest BCUT2D eigenvalue weighted by Crippen LogP contribution is 2.47. The first-order chi connectivity index (χ1) is 14.1. The van der Waals surface area contributed by atoms with Crippen LogP contribution in [0, 0.1) is 17.8 Å². The van der Waals surface area contributed by atoms with Crippen LogP contribution in [0.1, 0.15) is 80.1 Å². The van der Waals surface area contributed by atoms with E-state index in [1.54, 1.807) is 18.2 Å². The van der Waals surface area contributed by atoms with Crippen LogP contribution < -0.4 is 0 Å². The van der Waals surface area contributed by atoms with E-state index in [1.807, 2.05) is 12.1 Å². The summed E-state index contributed by atoms with van der Waals surface area (Å²) >= 11 is 0. The number of aromatic carboxylic acids is 1. The Kier molecular flexibility index (Phi) is 6.71. The normalized spacial score (nSPS) is 30.8. The number of aliphatic hydroxyl groups is 1. The second-order valence-corrected chi connectivity index (χ2v) is 9.23. The van der Waals surface area contributed by atoms with Crippen molar-refractivity contribution in [1.82, 2.24) is 0 Å². The molecule has 2 heterocycles. The number of hydrogen-bond acceptors (Lipinski definition) is 3. The number of fused-ring (bicyclic) bond motifs is 2. The van der Waals surface area contributed by atoms with Gasteiger partial charge in [-0.1, -0.05) is 43.5 Å². The highest BCUT2D eigenvalue weighted by atomic mass is 16.5. The van der Waals surface area contributed by atoms with Crippen molar-refractivity contribution in [2.45, 2.75) is 82.5 Å². The Morgan fingerprint density at radius 2 is 1.86 bits per heavy atom. The highest BCUT2D eigenvalue weighted by molar-refractivity contribution is 5.88. The summed E-state index contributed by atoms with van der Waals surface area (Å²) in [6.07, 6.45) is 16.3. The van der Waals surface area contributed by atoms with E-state index in [9.17, 15) is 9.90 Å². The molecule has 3 fully saturated rings. The van der Waals surface area contributed by atoms with E-state index in [0.717, 1.165) is 37.7 Å². The van der Waals surface area contributed by atoms with Gasteiger partial charge in [0.25, 0.3) is 0 Å². The Balaban J connectivity index is 1.33. The molecule has 1 aliphatic carbocycles. The van der Waals surface area contributed by atoms with Crippen molar-refractivity contribution in [2.75, 3.05) is 0 Å². The Labute approximate surface area is 174 Å². The first-order valence-electron chi connectivity index (χ1n) is 11.5. The molecule has 0 spiro atoms. The van der Waals surface area contributed by atoms with Crippen LogP contribution >= 0.6 is 0 Å². The van der Waals surface area contributed by atoms with Gasteiger partial charge in [0, 0.05) is 0 Å². The number of carboxylic acids is 1. The Morgan fingerprint density at radius 1 is 1.10 bits per heavy atom. The summed E-state index contributed by atoms with van der Waals surface area (Å²) in [5.74, 6) is 0.676. The minimum atomic E-state index is -0.890. The quantitative estimate of drug-likeness (QED) is 0.623. The second kappa shape index (κ2) is 9.44. The molecule has 3 aliphatic rings. The second-order valence-electron chi connectivity index (χ2n) is 9.23. The summed E-state index contributed by atoms with van der Waals surface area (Å²) in [5, 5.41) is 19.8. The molecule has 0 aromatic heterocycles. The first kappa shape index (κ1) is 20.6. The van der Waals surface area contributed by atoms with E-state index in [1.165, 1.54) is 32.1 Å². The zero-order valence-corrected chi connectivity index (χ0v) is 17.2. The molecule has 2 aliphatic heterocycles. The average Bonchev–Trinajstić information content (AvgIpc) is 3.35. The summed E-state index contributed by atoms with van der Waals surface area (Å²) in [4.78, 5) is 11.1. The van der Waals surface area contributed by atoms with Gasteiger partial charge >= 0.3 is 5.97 Å². The molecule has 2 N–H and O–H groups in total. The van der Waals surface area contributed by atoms with Crippen molar-refractivity contribution in [3.63, 3.8) is 0 Å². The summed E-state index contributed by atoms with van der Waals surface area (Å²) in [6.45, 7) is 0. The number of hydrogen-bond donors (Lipinski definition) is 2. The van der Waals surface area contributed by atoms with Gasteiger partial charge in [0.05, 0.1) is 23.9 Å². The van der Waals surface area contributed by atoms with Crippen LogP contribution in [0.2, 0.25) is 0 Å². The molecule has 4 nitrogen and oxygen atoms in total. The Hall–Kier alpha value is -1.65. The number of allylic oxidation sites excluding steroid dienone is 1. The van der Waals surface area contributed by atoms with Gasteiger partial charge in [0.2, 0.25) is 0 Å². The summed E-state index contributed by atoms with van der Waals surface area (Å²) in [5.41, 5.74) is 1.25. The molecule has 1 saturated carbocycles. The van der Waals surface area contributed by atoms with Crippen molar-refractivity contribution in [1.29, 1.82) is 0 Å². The average molecular weight is 399 g/mol. The van der Waals surface area contributed by atoms with E-state index in [4.69, 9.17) is 9.84 Å². The topological polar surface area (TPSA) is 66.8 Å². The number of benzene rings is 1. The van der Waals surface area contributed by atoms with Gasteiger partial charge in [-0.05, 0) is 80.4 Å². The molecule has 0 radical (unpaired) electrons. The van der Waals surface area contributed by atoms with Crippen molar-refractivity contribution in [3.05, 3.63) is 41.5 Å². The number of rotatable bonds is 8. The molecule has 4 rings (SSSR count). The van der Waals surface area contributed by atoms with Gasteiger partial charge in [-0.15, -0.1) is 0 Å². The van der Waals surface area contributed by atoms with Gasteiger partial charge in [-0.3, -0.25) is 0 Å². The summed E-state index contributed by atoms with van der Waals surface area (Å²) in [7, 11) is 0. The molecule has 2 saturated heterocycles. The van der Waals surface area contributed by atoms with Gasteiger partial charge in [0.15, 0.2) is 0 Å². The Bertz CT molecular complexity index is 721. The predicted octanol–water partition coefficient (Wildman–Crippen LogP) is 5.30. The van der Waals surface area contributed by atoms with E-state index >= 15 is 0 Å². The van der Waals surface area contributed by atoms with Crippen molar-refractivity contribution >= 4 is 12.0 Å². The molecule has 1 unspecified atom stereocenters. The first-order valence-corrected chi connectivity index (χ1v) is 11.5. The van der Waals surface area contributed by atoms with Crippen LogP contribution in [0.25, 0.3) is 6.08 Å². The van der Waals surface area contributed by atoms with Gasteiger partial charge in [0.1, 0.15) is 0 Å². The largest absolute Gasteiger partial charge is 0.478 e. The molecular weight excluding hydrogens is 364 g/mol. The zero-order valence-electron chi connectivity index (χ0n) is 17.2. The van der Waals surface area contributed by atoms with Crippen LogP contribution in [-0.4, -0.2) is 34.5 Å². The molecule has 5 atom stereocenters. The van der Waals surface area contributed by atoms with Gasteiger partial charge < -0.3 is 14.9 Å². The maximum absolute atomic E-state index is 11.1. The summed E-state index contributed by atoms with van der Waals surface area (Å²) < 4.78 is 6.24. The molecule has 29 heavy (non-hydrogen) atoms. The maximum atomic E-state index is 11.1. The summed E-state index contributed by atoms with van der Waals surface area (Å²) in [6, 6.07) is 7.07. The van der Waals surface area contributed by atoms with E-state index in [-0.39, 0.29) is 6.10 Å². The van der Waals surface area contributed by atoms with Crippen LogP contribution in [-0.2, 0) is 4.74 Å². The fourth-order valence-electron chi connectivity index (χ4n) is 5.85. The van der Waals surface area contributed by atoms with Crippen molar-refractivity contribution < 1.29 is 19.7 Å². The van der Waals surface area contributed by atoms with E-state index < -0.39 is 5.97 Å². The third kappa shape index (κ3) is 4.92. The SMILES string of the molecule is O=C(O)c1cccc(/C=C/C[C@@H]2[C@H](CCC(O)C3CCCCC3)[C@@H]3CC[C@H]2O3)c1. The van der Waals surface area contributed by atoms with E-state index in [0.29, 0.717) is 35.5 Å². The standard InChI is InChI=1S/C25H34O4/c26-22(18-8-2-1-3-9-18)13-12-21-20(23-14-15-24(21)29-23)11-5-7-17-6-4-10-19(16-17)25(27)28/h4-7,10,16,18,20-24,26H,1-3,8-9,11-15H2,(H,27,28)/b7-5+/t20-,21+,22?,23-,24+/m1/s1. The maximum Gasteiger partial charge on any atom is 0.335 e. The molecule has 0 amide bonds.